The van der Waals surface area contributed by atoms with E-state index in [4.69, 9.17) is 9.47 Å². The Bertz CT molecular complexity index is 1160. The molecule has 0 unspecified atom stereocenters. The van der Waals surface area contributed by atoms with Crippen molar-refractivity contribution in [1.29, 1.82) is 0 Å². The first kappa shape index (κ1) is 19.3. The summed E-state index contributed by atoms with van der Waals surface area (Å²) in [6, 6.07) is 24.5. The van der Waals surface area contributed by atoms with Crippen molar-refractivity contribution in [2.24, 2.45) is 0 Å². The lowest BCUT2D eigenvalue weighted by molar-refractivity contribution is 0.102. The molecule has 4 rings (SSSR count). The smallest absolute Gasteiger partial charge is 0.276 e. The molecular formula is C24H21N3O3. The summed E-state index contributed by atoms with van der Waals surface area (Å²) in [5.41, 5.74) is 3.37. The molecule has 1 N–H and O–H groups in total. The van der Waals surface area contributed by atoms with Crippen molar-refractivity contribution in [3.05, 3.63) is 90.8 Å². The molecule has 30 heavy (non-hydrogen) atoms. The number of benzene rings is 3. The fourth-order valence-corrected chi connectivity index (χ4v) is 3.18. The van der Waals surface area contributed by atoms with Crippen molar-refractivity contribution in [2.45, 2.75) is 0 Å². The third kappa shape index (κ3) is 3.89. The van der Waals surface area contributed by atoms with Crippen molar-refractivity contribution < 1.29 is 14.3 Å². The van der Waals surface area contributed by atoms with Crippen LogP contribution >= 0.6 is 0 Å². The highest BCUT2D eigenvalue weighted by atomic mass is 16.5. The number of hydrogen-bond donors (Lipinski definition) is 1. The minimum absolute atomic E-state index is 0.291. The van der Waals surface area contributed by atoms with Crippen LogP contribution in [0, 0.1) is 0 Å². The number of carbonyl (C=O) groups excluding carboxylic acids is 1. The van der Waals surface area contributed by atoms with Gasteiger partial charge in [0.2, 0.25) is 0 Å². The van der Waals surface area contributed by atoms with Gasteiger partial charge in [-0.1, -0.05) is 42.5 Å². The zero-order valence-electron chi connectivity index (χ0n) is 16.7. The summed E-state index contributed by atoms with van der Waals surface area (Å²) in [6.45, 7) is 0. The molecule has 0 spiro atoms. The number of aromatic nitrogens is 2. The van der Waals surface area contributed by atoms with Gasteiger partial charge in [-0.05, 0) is 42.0 Å². The van der Waals surface area contributed by atoms with E-state index in [9.17, 15) is 4.79 Å². The molecule has 3 aromatic carbocycles. The predicted molar refractivity (Wildman–Crippen MR) is 116 cm³/mol. The first-order chi connectivity index (χ1) is 14.7. The molecule has 150 valence electrons. The monoisotopic (exact) mass is 399 g/mol. The quantitative estimate of drug-likeness (QED) is 0.505. The molecule has 1 amide bonds. The molecule has 6 heteroatoms. The van der Waals surface area contributed by atoms with Crippen molar-refractivity contribution >= 4 is 11.6 Å². The lowest BCUT2D eigenvalue weighted by Crippen LogP contribution is -2.14. The van der Waals surface area contributed by atoms with E-state index in [2.05, 4.69) is 10.4 Å². The van der Waals surface area contributed by atoms with E-state index < -0.39 is 0 Å². The number of carbonyl (C=O) groups is 1. The minimum atomic E-state index is -0.291. The van der Waals surface area contributed by atoms with Crippen LogP contribution in [0.3, 0.4) is 0 Å². The second-order valence-electron chi connectivity index (χ2n) is 6.56. The molecule has 0 fully saturated rings. The van der Waals surface area contributed by atoms with E-state index >= 15 is 0 Å². The maximum Gasteiger partial charge on any atom is 0.276 e. The van der Waals surface area contributed by atoms with Gasteiger partial charge in [0.05, 0.1) is 19.9 Å². The minimum Gasteiger partial charge on any atom is -0.493 e. The SMILES string of the molecule is COc1ccc(-c2cn(-c3ccccc3)nc2C(=O)Nc2ccccc2)cc1OC. The van der Waals surface area contributed by atoms with Crippen LogP contribution in [0.15, 0.2) is 85.1 Å². The first-order valence-corrected chi connectivity index (χ1v) is 9.43. The van der Waals surface area contributed by atoms with Crippen LogP contribution in [0.25, 0.3) is 16.8 Å². The van der Waals surface area contributed by atoms with Crippen LogP contribution in [0.2, 0.25) is 0 Å². The Labute approximate surface area is 174 Å². The zero-order chi connectivity index (χ0) is 20.9. The molecule has 0 atom stereocenters. The highest BCUT2D eigenvalue weighted by Gasteiger charge is 2.20. The fourth-order valence-electron chi connectivity index (χ4n) is 3.18. The summed E-state index contributed by atoms with van der Waals surface area (Å²) in [6.07, 6.45) is 1.84. The Balaban J connectivity index is 1.80. The van der Waals surface area contributed by atoms with Gasteiger partial charge in [-0.25, -0.2) is 4.68 Å². The topological polar surface area (TPSA) is 65.4 Å². The molecule has 0 aliphatic heterocycles. The van der Waals surface area contributed by atoms with Gasteiger partial charge in [0.25, 0.3) is 5.91 Å². The Kier molecular flexibility index (Phi) is 5.48. The van der Waals surface area contributed by atoms with Crippen LogP contribution in [0.5, 0.6) is 11.5 Å². The largest absolute Gasteiger partial charge is 0.493 e. The molecule has 1 aromatic heterocycles. The van der Waals surface area contributed by atoms with Gasteiger partial charge >= 0.3 is 0 Å². The summed E-state index contributed by atoms with van der Waals surface area (Å²) in [5.74, 6) is 0.907. The van der Waals surface area contributed by atoms with E-state index in [0.29, 0.717) is 28.4 Å². The average Bonchev–Trinajstić information content (AvgIpc) is 3.25. The van der Waals surface area contributed by atoms with Gasteiger partial charge in [-0.2, -0.15) is 5.10 Å². The molecule has 0 saturated carbocycles. The van der Waals surface area contributed by atoms with Crippen LogP contribution in [-0.2, 0) is 0 Å². The van der Waals surface area contributed by atoms with E-state index in [1.54, 1.807) is 18.9 Å². The van der Waals surface area contributed by atoms with Crippen molar-refractivity contribution in [3.63, 3.8) is 0 Å². The molecular weight excluding hydrogens is 378 g/mol. The third-order valence-corrected chi connectivity index (χ3v) is 4.68. The number of anilines is 1. The van der Waals surface area contributed by atoms with Gasteiger partial charge in [0.1, 0.15) is 0 Å². The molecule has 4 aromatic rings. The third-order valence-electron chi connectivity index (χ3n) is 4.68. The predicted octanol–water partition coefficient (Wildman–Crippen LogP) is 4.81. The molecule has 6 nitrogen and oxygen atoms in total. The number of amides is 1. The van der Waals surface area contributed by atoms with Gasteiger partial charge < -0.3 is 14.8 Å². The molecule has 0 bridgehead atoms. The number of hydrogen-bond acceptors (Lipinski definition) is 4. The van der Waals surface area contributed by atoms with Gasteiger partial charge in [-0.3, -0.25) is 4.79 Å². The summed E-state index contributed by atoms with van der Waals surface area (Å²) < 4.78 is 12.5. The second kappa shape index (κ2) is 8.53. The maximum absolute atomic E-state index is 13.1. The molecule has 0 saturated heterocycles. The average molecular weight is 399 g/mol. The number of ether oxygens (including phenoxy) is 2. The normalized spacial score (nSPS) is 10.5. The van der Waals surface area contributed by atoms with Crippen LogP contribution < -0.4 is 14.8 Å². The van der Waals surface area contributed by atoms with E-state index in [1.165, 1.54) is 0 Å². The van der Waals surface area contributed by atoms with Crippen LogP contribution in [0.4, 0.5) is 5.69 Å². The highest BCUT2D eigenvalue weighted by Crippen LogP contribution is 2.34. The number of nitrogens with zero attached hydrogens (tertiary/aromatic N) is 2. The standard InChI is InChI=1S/C24H21N3O3/c1-29-21-14-13-17(15-22(21)30-2)20-16-27(19-11-7-4-8-12-19)26-23(20)24(28)25-18-9-5-3-6-10-18/h3-16H,1-2H3,(H,25,28). The Morgan fingerprint density at radius 2 is 1.53 bits per heavy atom. The lowest BCUT2D eigenvalue weighted by atomic mass is 10.1. The molecule has 1 heterocycles. The Morgan fingerprint density at radius 3 is 2.20 bits per heavy atom. The number of para-hydroxylation sites is 2. The summed E-state index contributed by atoms with van der Waals surface area (Å²) >= 11 is 0. The molecule has 0 radical (unpaired) electrons. The molecule has 0 aliphatic rings. The summed E-state index contributed by atoms with van der Waals surface area (Å²) in [7, 11) is 3.17. The second-order valence-corrected chi connectivity index (χ2v) is 6.56. The Morgan fingerprint density at radius 1 is 0.867 bits per heavy atom. The van der Waals surface area contributed by atoms with Crippen molar-refractivity contribution in [1.82, 2.24) is 9.78 Å². The van der Waals surface area contributed by atoms with Gasteiger partial charge in [0, 0.05) is 17.4 Å². The van der Waals surface area contributed by atoms with Crippen molar-refractivity contribution in [3.8, 4) is 28.3 Å². The zero-order valence-corrected chi connectivity index (χ0v) is 16.7. The summed E-state index contributed by atoms with van der Waals surface area (Å²) in [4.78, 5) is 13.1. The van der Waals surface area contributed by atoms with Gasteiger partial charge in [0.15, 0.2) is 17.2 Å². The molecule has 0 aliphatic carbocycles. The first-order valence-electron chi connectivity index (χ1n) is 9.43. The van der Waals surface area contributed by atoms with E-state index in [1.807, 2.05) is 85.1 Å². The van der Waals surface area contributed by atoms with Crippen LogP contribution in [0.1, 0.15) is 10.5 Å². The number of rotatable bonds is 6. The number of nitrogens with one attached hydrogen (secondary N) is 1. The van der Waals surface area contributed by atoms with E-state index in [-0.39, 0.29) is 5.91 Å². The van der Waals surface area contributed by atoms with E-state index in [0.717, 1.165) is 11.3 Å². The maximum atomic E-state index is 13.1. The highest BCUT2D eigenvalue weighted by molar-refractivity contribution is 6.07. The fraction of sp³-hybridized carbons (Fsp3) is 0.0833. The van der Waals surface area contributed by atoms with Gasteiger partial charge in [-0.15, -0.1) is 0 Å². The summed E-state index contributed by atoms with van der Waals surface area (Å²) in [5, 5.41) is 7.50. The van der Waals surface area contributed by atoms with Crippen LogP contribution in [-0.4, -0.2) is 29.9 Å². The lowest BCUT2D eigenvalue weighted by Gasteiger charge is -2.10. The Hall–Kier alpha value is -4.06. The number of methoxy groups -OCH3 is 2. The van der Waals surface area contributed by atoms with Crippen molar-refractivity contribution in [2.75, 3.05) is 19.5 Å².